The van der Waals surface area contributed by atoms with Gasteiger partial charge in [-0.05, 0) is 37.3 Å². The summed E-state index contributed by atoms with van der Waals surface area (Å²) in [6.07, 6.45) is -0.738. The number of nitro benzene ring substituents is 1. The lowest BCUT2D eigenvalue weighted by Gasteiger charge is -2.09. The molecule has 0 heterocycles. The number of carbonyl (C=O) groups is 2. The third-order valence-corrected chi connectivity index (χ3v) is 3.41. The highest BCUT2D eigenvalue weighted by atomic mass is 16.6. The van der Waals surface area contributed by atoms with E-state index in [1.165, 1.54) is 13.0 Å². The molecule has 0 aliphatic carbocycles. The van der Waals surface area contributed by atoms with Crippen LogP contribution in [0, 0.1) is 17.0 Å². The van der Waals surface area contributed by atoms with Crippen LogP contribution in [-0.2, 0) is 9.53 Å². The molecule has 2 aromatic rings. The number of nitrogens with one attached hydrogen (secondary N) is 2. The standard InChI is InChI=1S/C18H19N3O6/c1-12-3-4-15(11-17(12)21(24)25)20-18(23)27-10-9-26-16-7-5-14(6-8-16)19-13(2)22/h3-8,11H,9-10H2,1-2H3,(H,19,22)(H,20,23). The number of aryl methyl sites for hydroxylation is 1. The Balaban J connectivity index is 1.75. The molecular formula is C18H19N3O6. The van der Waals surface area contributed by atoms with E-state index in [2.05, 4.69) is 10.6 Å². The van der Waals surface area contributed by atoms with E-state index in [4.69, 9.17) is 9.47 Å². The van der Waals surface area contributed by atoms with Crippen LogP contribution in [0.1, 0.15) is 12.5 Å². The van der Waals surface area contributed by atoms with Crippen LogP contribution in [0.3, 0.4) is 0 Å². The highest BCUT2D eigenvalue weighted by Crippen LogP contribution is 2.22. The van der Waals surface area contributed by atoms with Crippen LogP contribution in [0.2, 0.25) is 0 Å². The molecule has 2 N–H and O–H groups in total. The molecule has 27 heavy (non-hydrogen) atoms. The highest BCUT2D eigenvalue weighted by Gasteiger charge is 2.12. The smallest absolute Gasteiger partial charge is 0.411 e. The molecule has 2 rings (SSSR count). The lowest BCUT2D eigenvalue weighted by atomic mass is 10.2. The minimum atomic E-state index is -0.738. The summed E-state index contributed by atoms with van der Waals surface area (Å²) in [5.41, 5.74) is 1.33. The molecule has 9 nitrogen and oxygen atoms in total. The van der Waals surface area contributed by atoms with Gasteiger partial charge < -0.3 is 14.8 Å². The van der Waals surface area contributed by atoms with E-state index in [1.54, 1.807) is 43.3 Å². The summed E-state index contributed by atoms with van der Waals surface area (Å²) in [6.45, 7) is 3.15. The molecule has 142 valence electrons. The van der Waals surface area contributed by atoms with E-state index in [9.17, 15) is 19.7 Å². The monoisotopic (exact) mass is 373 g/mol. The van der Waals surface area contributed by atoms with Gasteiger partial charge in [0.2, 0.25) is 5.91 Å². The molecule has 0 radical (unpaired) electrons. The van der Waals surface area contributed by atoms with Crippen LogP contribution in [0.15, 0.2) is 42.5 Å². The average molecular weight is 373 g/mol. The van der Waals surface area contributed by atoms with Crippen molar-refractivity contribution in [2.45, 2.75) is 13.8 Å². The number of nitro groups is 1. The van der Waals surface area contributed by atoms with Gasteiger partial charge in [-0.15, -0.1) is 0 Å². The zero-order valence-corrected chi connectivity index (χ0v) is 14.9. The molecule has 2 aromatic carbocycles. The fourth-order valence-corrected chi connectivity index (χ4v) is 2.17. The number of ether oxygens (including phenoxy) is 2. The summed E-state index contributed by atoms with van der Waals surface area (Å²) in [5.74, 6) is 0.393. The third kappa shape index (κ3) is 6.31. The van der Waals surface area contributed by atoms with Crippen molar-refractivity contribution in [3.05, 3.63) is 58.1 Å². The van der Waals surface area contributed by atoms with Gasteiger partial charge in [0.1, 0.15) is 19.0 Å². The normalized spacial score (nSPS) is 10.0. The van der Waals surface area contributed by atoms with Crippen LogP contribution >= 0.6 is 0 Å². The van der Waals surface area contributed by atoms with Gasteiger partial charge in [0.25, 0.3) is 5.69 Å². The zero-order valence-electron chi connectivity index (χ0n) is 14.9. The van der Waals surface area contributed by atoms with Gasteiger partial charge in [-0.3, -0.25) is 20.2 Å². The Morgan fingerprint density at radius 2 is 1.70 bits per heavy atom. The maximum absolute atomic E-state index is 11.7. The summed E-state index contributed by atoms with van der Waals surface area (Å²) in [5, 5.41) is 16.0. The number of benzene rings is 2. The van der Waals surface area contributed by atoms with Gasteiger partial charge >= 0.3 is 6.09 Å². The van der Waals surface area contributed by atoms with Gasteiger partial charge in [0.05, 0.1) is 10.6 Å². The second kappa shape index (κ2) is 9.18. The van der Waals surface area contributed by atoms with Crippen molar-refractivity contribution in [1.29, 1.82) is 0 Å². The lowest BCUT2D eigenvalue weighted by Crippen LogP contribution is -2.17. The van der Waals surface area contributed by atoms with Gasteiger partial charge in [-0.25, -0.2) is 4.79 Å². The van der Waals surface area contributed by atoms with Crippen LogP contribution in [0.4, 0.5) is 21.9 Å². The first-order valence-corrected chi connectivity index (χ1v) is 8.04. The molecule has 0 fully saturated rings. The Kier molecular flexibility index (Phi) is 6.70. The maximum Gasteiger partial charge on any atom is 0.411 e. The van der Waals surface area contributed by atoms with Crippen LogP contribution in [0.5, 0.6) is 5.75 Å². The summed E-state index contributed by atoms with van der Waals surface area (Å²) in [4.78, 5) is 33.1. The van der Waals surface area contributed by atoms with Crippen molar-refractivity contribution in [2.75, 3.05) is 23.8 Å². The Morgan fingerprint density at radius 1 is 1.04 bits per heavy atom. The van der Waals surface area contributed by atoms with Crippen molar-refractivity contribution in [3.63, 3.8) is 0 Å². The molecule has 0 aliphatic heterocycles. The van der Waals surface area contributed by atoms with Crippen LogP contribution < -0.4 is 15.4 Å². The van der Waals surface area contributed by atoms with Crippen molar-refractivity contribution in [3.8, 4) is 5.75 Å². The van der Waals surface area contributed by atoms with Crippen LogP contribution in [-0.4, -0.2) is 30.1 Å². The summed E-state index contributed by atoms with van der Waals surface area (Å²) < 4.78 is 10.4. The number of hydrogen-bond acceptors (Lipinski definition) is 6. The van der Waals surface area contributed by atoms with Crippen molar-refractivity contribution < 1.29 is 24.0 Å². The number of rotatable bonds is 7. The summed E-state index contributed by atoms with van der Waals surface area (Å²) in [7, 11) is 0. The molecule has 9 heteroatoms. The van der Waals surface area contributed by atoms with Gasteiger partial charge in [0, 0.05) is 24.2 Å². The van der Waals surface area contributed by atoms with E-state index in [0.717, 1.165) is 0 Å². The van der Waals surface area contributed by atoms with E-state index in [1.807, 2.05) is 0 Å². The van der Waals surface area contributed by atoms with Crippen LogP contribution in [0.25, 0.3) is 0 Å². The summed E-state index contributed by atoms with van der Waals surface area (Å²) >= 11 is 0. The van der Waals surface area contributed by atoms with E-state index in [-0.39, 0.29) is 30.5 Å². The van der Waals surface area contributed by atoms with Crippen molar-refractivity contribution in [2.24, 2.45) is 0 Å². The molecular weight excluding hydrogens is 354 g/mol. The summed E-state index contributed by atoms with van der Waals surface area (Å²) in [6, 6.07) is 11.1. The maximum atomic E-state index is 11.7. The number of hydrogen-bond donors (Lipinski definition) is 2. The second-order valence-corrected chi connectivity index (χ2v) is 5.57. The molecule has 2 amide bonds. The second-order valence-electron chi connectivity index (χ2n) is 5.57. The Bertz CT molecular complexity index is 835. The molecule has 0 saturated carbocycles. The first-order chi connectivity index (χ1) is 12.8. The first-order valence-electron chi connectivity index (χ1n) is 8.04. The van der Waals surface area contributed by atoms with Crippen molar-refractivity contribution >= 4 is 29.1 Å². The zero-order chi connectivity index (χ0) is 19.8. The van der Waals surface area contributed by atoms with E-state index >= 15 is 0 Å². The fraction of sp³-hybridized carbons (Fsp3) is 0.222. The Labute approximate surface area is 155 Å². The largest absolute Gasteiger partial charge is 0.490 e. The van der Waals surface area contributed by atoms with Gasteiger partial charge in [0.15, 0.2) is 0 Å². The predicted molar refractivity (Wildman–Crippen MR) is 99.0 cm³/mol. The Morgan fingerprint density at radius 3 is 2.33 bits per heavy atom. The van der Waals surface area contributed by atoms with E-state index < -0.39 is 11.0 Å². The lowest BCUT2D eigenvalue weighted by molar-refractivity contribution is -0.385. The van der Waals surface area contributed by atoms with Crippen molar-refractivity contribution in [1.82, 2.24) is 0 Å². The van der Waals surface area contributed by atoms with Gasteiger partial charge in [-0.2, -0.15) is 0 Å². The predicted octanol–water partition coefficient (Wildman–Crippen LogP) is 3.49. The highest BCUT2D eigenvalue weighted by molar-refractivity contribution is 5.88. The molecule has 0 atom stereocenters. The third-order valence-electron chi connectivity index (χ3n) is 3.41. The SMILES string of the molecule is CC(=O)Nc1ccc(OCCOC(=O)Nc2ccc(C)c([N+](=O)[O-])c2)cc1. The number of carbonyl (C=O) groups excluding carboxylic acids is 2. The quantitative estimate of drug-likeness (QED) is 0.435. The van der Waals surface area contributed by atoms with Gasteiger partial charge in [-0.1, -0.05) is 6.07 Å². The topological polar surface area (TPSA) is 120 Å². The molecule has 0 bridgehead atoms. The minimum Gasteiger partial charge on any atom is -0.490 e. The molecule has 0 saturated heterocycles. The fourth-order valence-electron chi connectivity index (χ4n) is 2.17. The number of nitrogens with zero attached hydrogens (tertiary/aromatic N) is 1. The first kappa shape index (κ1) is 19.7. The van der Waals surface area contributed by atoms with E-state index in [0.29, 0.717) is 17.0 Å². The Hall–Kier alpha value is -3.62. The molecule has 0 aromatic heterocycles. The molecule has 0 spiro atoms. The number of amides is 2. The minimum absolute atomic E-state index is 0.00671. The molecule has 0 aliphatic rings. The number of anilines is 2. The average Bonchev–Trinajstić information content (AvgIpc) is 2.61. The molecule has 0 unspecified atom stereocenters.